The van der Waals surface area contributed by atoms with E-state index in [1.54, 1.807) is 0 Å². The number of carboxylic acid groups (broad SMARTS) is 1. The minimum Gasteiger partial charge on any atom is -0.478 e. The molecule has 2 N–H and O–H groups in total. The van der Waals surface area contributed by atoms with Crippen LogP contribution in [0.3, 0.4) is 0 Å². The van der Waals surface area contributed by atoms with Gasteiger partial charge in [0.25, 0.3) is 0 Å². The normalized spacial score (nSPS) is 10.8. The van der Waals surface area contributed by atoms with Crippen molar-refractivity contribution in [2.45, 2.75) is 96.3 Å². The predicted octanol–water partition coefficient (Wildman–Crippen LogP) is 5.47. The van der Waals surface area contributed by atoms with Crippen LogP contribution < -0.4 is 0 Å². The molecule has 0 aromatic rings. The Labute approximate surface area is 136 Å². The summed E-state index contributed by atoms with van der Waals surface area (Å²) in [4.78, 5) is 10.6. The van der Waals surface area contributed by atoms with E-state index in [1.165, 1.54) is 70.6 Å². The van der Waals surface area contributed by atoms with Crippen LogP contribution in [-0.4, -0.2) is 22.8 Å². The number of carbonyl (C=O) groups is 1. The minimum atomic E-state index is -0.853. The number of hydrogen-bond acceptors (Lipinski definition) is 2. The summed E-state index contributed by atoms with van der Waals surface area (Å²) in [7, 11) is 0. The van der Waals surface area contributed by atoms with Crippen molar-refractivity contribution in [3.8, 4) is 0 Å². The highest BCUT2D eigenvalue weighted by Crippen LogP contribution is 2.14. The Balaban J connectivity index is 3.05. The minimum absolute atomic E-state index is 0.342. The molecule has 0 fully saturated rings. The summed E-state index contributed by atoms with van der Waals surface area (Å²) < 4.78 is 0. The summed E-state index contributed by atoms with van der Waals surface area (Å²) in [5.41, 5.74) is 0.344. The van der Waals surface area contributed by atoms with Gasteiger partial charge in [0.2, 0.25) is 0 Å². The second-order valence-corrected chi connectivity index (χ2v) is 6.33. The van der Waals surface area contributed by atoms with Crippen molar-refractivity contribution in [3.63, 3.8) is 0 Å². The molecule has 0 aliphatic heterocycles. The van der Waals surface area contributed by atoms with Crippen molar-refractivity contribution < 1.29 is 15.0 Å². The molecule has 0 spiro atoms. The predicted molar refractivity (Wildman–Crippen MR) is 93.1 cm³/mol. The zero-order valence-corrected chi connectivity index (χ0v) is 14.3. The number of rotatable bonds is 17. The van der Waals surface area contributed by atoms with Crippen LogP contribution in [-0.2, 0) is 4.79 Å². The van der Waals surface area contributed by atoms with Gasteiger partial charge in [-0.3, -0.25) is 0 Å². The summed E-state index contributed by atoms with van der Waals surface area (Å²) in [5.74, 6) is -0.853. The Morgan fingerprint density at radius 1 is 0.636 bits per heavy atom. The highest BCUT2D eigenvalue weighted by atomic mass is 16.4. The smallest absolute Gasteiger partial charge is 0.330 e. The Kier molecular flexibility index (Phi) is 15.9. The van der Waals surface area contributed by atoms with E-state index in [9.17, 15) is 4.79 Å². The molecule has 0 rings (SSSR count). The highest BCUT2D eigenvalue weighted by molar-refractivity contribution is 5.85. The molecule has 0 unspecified atom stereocenters. The van der Waals surface area contributed by atoms with Gasteiger partial charge in [-0.1, -0.05) is 83.6 Å². The zero-order chi connectivity index (χ0) is 16.5. The average molecular weight is 312 g/mol. The molecule has 0 atom stereocenters. The van der Waals surface area contributed by atoms with Crippen LogP contribution >= 0.6 is 0 Å². The first kappa shape index (κ1) is 21.2. The van der Waals surface area contributed by atoms with E-state index in [0.717, 1.165) is 19.3 Å². The van der Waals surface area contributed by atoms with Crippen molar-refractivity contribution in [2.24, 2.45) is 0 Å². The van der Waals surface area contributed by atoms with Gasteiger partial charge in [-0.25, -0.2) is 4.79 Å². The fourth-order valence-corrected chi connectivity index (χ4v) is 2.68. The first-order chi connectivity index (χ1) is 10.7. The third kappa shape index (κ3) is 15.6. The molecule has 3 nitrogen and oxygen atoms in total. The van der Waals surface area contributed by atoms with Gasteiger partial charge in [0.1, 0.15) is 0 Å². The molecule has 0 bridgehead atoms. The lowest BCUT2D eigenvalue weighted by molar-refractivity contribution is -0.132. The monoisotopic (exact) mass is 312 g/mol. The van der Waals surface area contributed by atoms with Gasteiger partial charge in [0.05, 0.1) is 0 Å². The lowest BCUT2D eigenvalue weighted by Gasteiger charge is -2.03. The maximum Gasteiger partial charge on any atom is 0.330 e. The van der Waals surface area contributed by atoms with Crippen LogP contribution in [0.15, 0.2) is 12.2 Å². The van der Waals surface area contributed by atoms with Crippen LogP contribution in [0.2, 0.25) is 0 Å². The van der Waals surface area contributed by atoms with E-state index in [-0.39, 0.29) is 0 Å². The molecule has 0 aromatic heterocycles. The molecule has 0 saturated carbocycles. The summed E-state index contributed by atoms with van der Waals surface area (Å²) in [6.07, 6.45) is 18.0. The van der Waals surface area contributed by atoms with Crippen LogP contribution in [0.4, 0.5) is 0 Å². The number of carboxylic acids is 1. The van der Waals surface area contributed by atoms with E-state index in [4.69, 9.17) is 10.2 Å². The molecule has 0 aliphatic carbocycles. The molecular weight excluding hydrogens is 276 g/mol. The second kappa shape index (κ2) is 16.5. The van der Waals surface area contributed by atoms with Crippen molar-refractivity contribution in [2.75, 3.05) is 6.61 Å². The third-order valence-corrected chi connectivity index (χ3v) is 4.19. The third-order valence-electron chi connectivity index (χ3n) is 4.19. The Morgan fingerprint density at radius 2 is 0.955 bits per heavy atom. The first-order valence-electron chi connectivity index (χ1n) is 9.20. The molecule has 130 valence electrons. The maximum atomic E-state index is 10.6. The quantitative estimate of drug-likeness (QED) is 0.276. The number of hydrogen-bond donors (Lipinski definition) is 2. The maximum absolute atomic E-state index is 10.6. The van der Waals surface area contributed by atoms with E-state index >= 15 is 0 Å². The summed E-state index contributed by atoms with van der Waals surface area (Å²) in [6.45, 7) is 3.89. The SMILES string of the molecule is C=C(CCCCCCCCCCCCCCCCO)C(=O)O. The van der Waals surface area contributed by atoms with E-state index in [0.29, 0.717) is 18.6 Å². The van der Waals surface area contributed by atoms with E-state index in [1.807, 2.05) is 0 Å². The Hall–Kier alpha value is -0.830. The fraction of sp³-hybridized carbons (Fsp3) is 0.842. The summed E-state index contributed by atoms with van der Waals surface area (Å²) >= 11 is 0. The number of unbranched alkanes of at least 4 members (excludes halogenated alkanes) is 13. The number of aliphatic hydroxyl groups is 1. The van der Waals surface area contributed by atoms with Gasteiger partial charge in [0, 0.05) is 12.2 Å². The molecular formula is C19H36O3. The van der Waals surface area contributed by atoms with Crippen molar-refractivity contribution in [1.82, 2.24) is 0 Å². The van der Waals surface area contributed by atoms with Crippen molar-refractivity contribution in [3.05, 3.63) is 12.2 Å². The van der Waals surface area contributed by atoms with Crippen molar-refractivity contribution >= 4 is 5.97 Å². The highest BCUT2D eigenvalue weighted by Gasteiger charge is 2.02. The largest absolute Gasteiger partial charge is 0.478 e. The van der Waals surface area contributed by atoms with Gasteiger partial charge >= 0.3 is 5.97 Å². The van der Waals surface area contributed by atoms with Gasteiger partial charge in [-0.2, -0.15) is 0 Å². The van der Waals surface area contributed by atoms with Crippen LogP contribution in [0, 0.1) is 0 Å². The average Bonchev–Trinajstić information content (AvgIpc) is 2.50. The molecule has 0 aromatic carbocycles. The molecule has 0 aliphatic rings. The molecule has 22 heavy (non-hydrogen) atoms. The molecule has 0 amide bonds. The van der Waals surface area contributed by atoms with Crippen LogP contribution in [0.1, 0.15) is 96.3 Å². The lowest BCUT2D eigenvalue weighted by Crippen LogP contribution is -1.98. The summed E-state index contributed by atoms with van der Waals surface area (Å²) in [5, 5.41) is 17.4. The number of aliphatic carboxylic acids is 1. The van der Waals surface area contributed by atoms with Gasteiger partial charge in [-0.05, 0) is 19.3 Å². The molecule has 3 heteroatoms. The Morgan fingerprint density at radius 3 is 1.27 bits per heavy atom. The summed E-state index contributed by atoms with van der Waals surface area (Å²) in [6, 6.07) is 0. The van der Waals surface area contributed by atoms with E-state index in [2.05, 4.69) is 6.58 Å². The molecule has 0 radical (unpaired) electrons. The first-order valence-corrected chi connectivity index (χ1v) is 9.20. The standard InChI is InChI=1S/C19H36O3/c1-18(19(21)22)16-14-12-10-8-6-4-2-3-5-7-9-11-13-15-17-20/h20H,1-17H2,(H,21,22). The van der Waals surface area contributed by atoms with Crippen LogP contribution in [0.5, 0.6) is 0 Å². The number of aliphatic hydroxyl groups excluding tert-OH is 1. The van der Waals surface area contributed by atoms with Crippen molar-refractivity contribution in [1.29, 1.82) is 0 Å². The topological polar surface area (TPSA) is 57.5 Å². The van der Waals surface area contributed by atoms with Gasteiger partial charge < -0.3 is 10.2 Å². The van der Waals surface area contributed by atoms with E-state index < -0.39 is 5.97 Å². The van der Waals surface area contributed by atoms with Gasteiger partial charge in [-0.15, -0.1) is 0 Å². The van der Waals surface area contributed by atoms with Gasteiger partial charge in [0.15, 0.2) is 0 Å². The zero-order valence-electron chi connectivity index (χ0n) is 14.3. The fourth-order valence-electron chi connectivity index (χ4n) is 2.68. The van der Waals surface area contributed by atoms with Crippen LogP contribution in [0.25, 0.3) is 0 Å². The lowest BCUT2D eigenvalue weighted by atomic mass is 10.0. The Bertz CT molecular complexity index is 274. The second-order valence-electron chi connectivity index (χ2n) is 6.33. The molecule has 0 saturated heterocycles. The molecule has 0 heterocycles.